The van der Waals surface area contributed by atoms with Crippen molar-refractivity contribution in [3.05, 3.63) is 106 Å². The predicted molar refractivity (Wildman–Crippen MR) is 233 cm³/mol. The fourth-order valence-corrected chi connectivity index (χ4v) is 7.89. The molecular formula is C44H45F6N7O8S. The van der Waals surface area contributed by atoms with Crippen LogP contribution in [0.2, 0.25) is 0 Å². The summed E-state index contributed by atoms with van der Waals surface area (Å²) in [4.78, 5) is 70.1. The quantitative estimate of drug-likeness (QED) is 0.0801. The van der Waals surface area contributed by atoms with Gasteiger partial charge in [0, 0.05) is 61.4 Å². The molecule has 22 heteroatoms. The van der Waals surface area contributed by atoms with Gasteiger partial charge in [0.1, 0.15) is 11.4 Å². The Morgan fingerprint density at radius 2 is 1.44 bits per heavy atom. The van der Waals surface area contributed by atoms with Crippen LogP contribution in [-0.2, 0) is 21.4 Å². The second-order valence-corrected chi connectivity index (χ2v) is 16.0. The molecule has 15 nitrogen and oxygen atoms in total. The Hall–Kier alpha value is -6.65. The van der Waals surface area contributed by atoms with Crippen LogP contribution in [0.5, 0.6) is 0 Å². The number of hydrogen-bond donors (Lipinski definition) is 5. The molecule has 0 radical (unpaired) electrons. The van der Waals surface area contributed by atoms with Crippen molar-refractivity contribution in [2.24, 2.45) is 7.05 Å². The number of fused-ring (bicyclic) bond motifs is 1. The standard InChI is InChI=1S/C40H43N7O4S.2C2HF3O2/c1-46-26-32(43-37(48)30-15-13-27(14-16-30)11-12-28-23-31-9-5-6-10-33(31)42-25-28)24-34(46)38(49)45-40-44-35(36(52-40)29-7-3-2-4-8-29)39(50)41-17-18-47-19-21-51-22-20-47;2*3-2(4,5)1(6)7/h5-6,9-16,23-26,29H,2-4,7-8,17-22H2,1H3,(H,41,50)(H,43,48)(H,44,45,49);2*(H,6,7)/b12-11+;;. The number of para-hydroxylation sites is 1. The number of nitrogens with one attached hydrogen (secondary N) is 3. The van der Waals surface area contributed by atoms with Gasteiger partial charge in [-0.15, -0.1) is 11.3 Å². The first-order chi connectivity index (χ1) is 31.3. The summed E-state index contributed by atoms with van der Waals surface area (Å²) in [7, 11) is 1.75. The average molecular weight is 946 g/mol. The minimum Gasteiger partial charge on any atom is -0.475 e. The number of carboxylic acid groups (broad SMARTS) is 2. The topological polar surface area (TPSA) is 205 Å². The van der Waals surface area contributed by atoms with E-state index in [0.29, 0.717) is 47.5 Å². The van der Waals surface area contributed by atoms with Crippen LogP contribution in [0.1, 0.15) is 85.4 Å². The molecular weight excluding hydrogens is 901 g/mol. The number of carboxylic acids is 2. The van der Waals surface area contributed by atoms with Crippen LogP contribution < -0.4 is 16.0 Å². The molecule has 3 amide bonds. The lowest BCUT2D eigenvalue weighted by Gasteiger charge is -2.26. The van der Waals surface area contributed by atoms with E-state index >= 15 is 0 Å². The van der Waals surface area contributed by atoms with E-state index in [1.807, 2.05) is 54.7 Å². The van der Waals surface area contributed by atoms with E-state index in [2.05, 4.69) is 36.9 Å². The zero-order valence-electron chi connectivity index (χ0n) is 35.2. The van der Waals surface area contributed by atoms with E-state index in [1.165, 1.54) is 17.8 Å². The molecule has 5 N–H and O–H groups in total. The summed E-state index contributed by atoms with van der Waals surface area (Å²) < 4.78 is 70.6. The number of carbonyl (C=O) groups excluding carboxylic acids is 3. The largest absolute Gasteiger partial charge is 0.490 e. The number of alkyl halides is 6. The maximum atomic E-state index is 13.5. The van der Waals surface area contributed by atoms with E-state index in [-0.39, 0.29) is 23.6 Å². The highest BCUT2D eigenvalue weighted by molar-refractivity contribution is 7.16. The molecule has 7 rings (SSSR count). The number of rotatable bonds is 11. The Bertz CT molecular complexity index is 2490. The van der Waals surface area contributed by atoms with Gasteiger partial charge in [-0.05, 0) is 60.2 Å². The summed E-state index contributed by atoms with van der Waals surface area (Å²) in [5.41, 5.74) is 4.64. The van der Waals surface area contributed by atoms with Gasteiger partial charge in [0.25, 0.3) is 17.7 Å². The number of aromatic nitrogens is 3. The summed E-state index contributed by atoms with van der Waals surface area (Å²) in [5, 5.41) is 24.6. The van der Waals surface area contributed by atoms with Gasteiger partial charge in [0.05, 0.1) is 24.4 Å². The van der Waals surface area contributed by atoms with Gasteiger partial charge in [-0.1, -0.05) is 61.7 Å². The highest BCUT2D eigenvalue weighted by Crippen LogP contribution is 2.39. The Morgan fingerprint density at radius 3 is 2.08 bits per heavy atom. The van der Waals surface area contributed by atoms with E-state index in [4.69, 9.17) is 24.5 Å². The highest BCUT2D eigenvalue weighted by Gasteiger charge is 2.39. The van der Waals surface area contributed by atoms with Crippen LogP contribution >= 0.6 is 11.3 Å². The van der Waals surface area contributed by atoms with Crippen LogP contribution in [0, 0.1) is 0 Å². The third-order valence-corrected chi connectivity index (χ3v) is 11.2. The molecule has 0 bridgehead atoms. The number of ether oxygens (including phenoxy) is 1. The molecule has 3 aromatic heterocycles. The number of pyridine rings is 1. The number of amides is 3. The molecule has 0 atom stereocenters. The van der Waals surface area contributed by atoms with Crippen molar-refractivity contribution >= 4 is 74.9 Å². The lowest BCUT2D eigenvalue weighted by Crippen LogP contribution is -2.41. The van der Waals surface area contributed by atoms with Crippen molar-refractivity contribution in [1.82, 2.24) is 24.8 Å². The number of carbonyl (C=O) groups is 5. The van der Waals surface area contributed by atoms with Crippen LogP contribution in [-0.4, -0.2) is 111 Å². The molecule has 352 valence electrons. The van der Waals surface area contributed by atoms with E-state index < -0.39 is 24.3 Å². The number of halogens is 6. The number of aryl methyl sites for hydroxylation is 1. The van der Waals surface area contributed by atoms with E-state index in [0.717, 1.165) is 72.2 Å². The van der Waals surface area contributed by atoms with Gasteiger partial charge >= 0.3 is 24.3 Å². The summed E-state index contributed by atoms with van der Waals surface area (Å²) >= 11 is 1.39. The molecule has 1 saturated carbocycles. The maximum absolute atomic E-state index is 13.5. The number of aliphatic carboxylic acids is 2. The molecule has 1 aliphatic carbocycles. The lowest BCUT2D eigenvalue weighted by molar-refractivity contribution is -0.193. The lowest BCUT2D eigenvalue weighted by atomic mass is 9.87. The number of benzene rings is 2. The molecule has 2 aliphatic rings. The van der Waals surface area contributed by atoms with Gasteiger partial charge in [-0.2, -0.15) is 26.3 Å². The van der Waals surface area contributed by atoms with Crippen LogP contribution in [0.3, 0.4) is 0 Å². The molecule has 2 aromatic carbocycles. The third-order valence-electron chi connectivity index (χ3n) is 10.1. The molecule has 4 heterocycles. The van der Waals surface area contributed by atoms with Crippen LogP contribution in [0.25, 0.3) is 23.1 Å². The van der Waals surface area contributed by atoms with Crippen molar-refractivity contribution < 1.29 is 65.3 Å². The molecule has 0 unspecified atom stereocenters. The van der Waals surface area contributed by atoms with E-state index in [9.17, 15) is 40.7 Å². The van der Waals surface area contributed by atoms with Crippen molar-refractivity contribution in [2.75, 3.05) is 50.0 Å². The summed E-state index contributed by atoms with van der Waals surface area (Å²) in [6, 6.07) is 19.0. The highest BCUT2D eigenvalue weighted by atomic mass is 32.1. The number of morpholine rings is 1. The third kappa shape index (κ3) is 15.0. The molecule has 1 aliphatic heterocycles. The first-order valence-electron chi connectivity index (χ1n) is 20.4. The zero-order chi connectivity index (χ0) is 48.0. The fraction of sp³-hybridized carbons (Fsp3) is 0.341. The smallest absolute Gasteiger partial charge is 0.475 e. The Kier molecular flexibility index (Phi) is 17.5. The SMILES string of the molecule is Cn1cc(NC(=O)c2ccc(/C=C/c3cnc4ccccc4c3)cc2)cc1C(=O)Nc1nc(C(=O)NCCN2CCOCC2)c(C2CCCCC2)s1.O=C(O)C(F)(F)F.O=C(O)C(F)(F)F. The predicted octanol–water partition coefficient (Wildman–Crippen LogP) is 8.08. The Balaban J connectivity index is 0.000000507. The maximum Gasteiger partial charge on any atom is 0.490 e. The van der Waals surface area contributed by atoms with Crippen molar-refractivity contribution in [2.45, 2.75) is 50.4 Å². The summed E-state index contributed by atoms with van der Waals surface area (Å²) in [6.07, 6.45) is 2.79. The second-order valence-electron chi connectivity index (χ2n) is 14.9. The number of hydrogen-bond acceptors (Lipinski definition) is 10. The Morgan fingerprint density at radius 1 is 0.818 bits per heavy atom. The summed E-state index contributed by atoms with van der Waals surface area (Å²) in [6.45, 7) is 4.41. The molecule has 2 fully saturated rings. The fourth-order valence-electron chi connectivity index (χ4n) is 6.77. The first kappa shape index (κ1) is 50.4. The number of thiazole rings is 1. The zero-order valence-corrected chi connectivity index (χ0v) is 36.1. The first-order valence-corrected chi connectivity index (χ1v) is 21.2. The minimum atomic E-state index is -5.08. The van der Waals surface area contributed by atoms with Crippen LogP contribution in [0.4, 0.5) is 37.2 Å². The van der Waals surface area contributed by atoms with E-state index in [1.54, 1.807) is 36.0 Å². The van der Waals surface area contributed by atoms with Gasteiger partial charge in [0.15, 0.2) is 5.13 Å². The summed E-state index contributed by atoms with van der Waals surface area (Å²) in [5.74, 6) is -6.13. The monoisotopic (exact) mass is 945 g/mol. The normalized spacial score (nSPS) is 14.7. The van der Waals surface area contributed by atoms with Gasteiger partial charge in [-0.25, -0.2) is 14.6 Å². The van der Waals surface area contributed by atoms with Crippen molar-refractivity contribution in [3.63, 3.8) is 0 Å². The van der Waals surface area contributed by atoms with Crippen molar-refractivity contribution in [1.29, 1.82) is 0 Å². The molecule has 1 saturated heterocycles. The van der Waals surface area contributed by atoms with Gasteiger partial charge < -0.3 is 30.2 Å². The number of nitrogens with zero attached hydrogens (tertiary/aromatic N) is 4. The average Bonchev–Trinajstić information content (AvgIpc) is 3.89. The molecule has 0 spiro atoms. The molecule has 66 heavy (non-hydrogen) atoms. The van der Waals surface area contributed by atoms with Gasteiger partial charge in [-0.3, -0.25) is 29.6 Å². The minimum absolute atomic E-state index is 0.208. The second kappa shape index (κ2) is 23.0. The Labute approximate surface area is 377 Å². The molecule has 5 aromatic rings. The number of anilines is 2. The van der Waals surface area contributed by atoms with Crippen LogP contribution in [0.15, 0.2) is 73.1 Å². The van der Waals surface area contributed by atoms with Crippen molar-refractivity contribution in [3.8, 4) is 0 Å². The van der Waals surface area contributed by atoms with Gasteiger partial charge in [0.2, 0.25) is 0 Å².